The first-order valence-electron chi connectivity index (χ1n) is 7.26. The SMILES string of the molecule is CN(Cc1ccc(-c2nccnc2N)cc1)c1ccc(F)cc1. The second-order valence-corrected chi connectivity index (χ2v) is 5.32. The van der Waals surface area contributed by atoms with Crippen molar-refractivity contribution in [2.24, 2.45) is 0 Å². The van der Waals surface area contributed by atoms with Gasteiger partial charge in [-0.1, -0.05) is 24.3 Å². The van der Waals surface area contributed by atoms with E-state index in [1.807, 2.05) is 31.3 Å². The molecule has 2 aromatic carbocycles. The van der Waals surface area contributed by atoms with Gasteiger partial charge in [-0.2, -0.15) is 0 Å². The van der Waals surface area contributed by atoms with Crippen molar-refractivity contribution in [2.75, 3.05) is 17.7 Å². The van der Waals surface area contributed by atoms with Crippen molar-refractivity contribution in [3.8, 4) is 11.3 Å². The van der Waals surface area contributed by atoms with Gasteiger partial charge >= 0.3 is 0 Å². The summed E-state index contributed by atoms with van der Waals surface area (Å²) < 4.78 is 13.0. The number of benzene rings is 2. The molecule has 0 aliphatic rings. The van der Waals surface area contributed by atoms with Crippen LogP contribution in [0.1, 0.15) is 5.56 Å². The van der Waals surface area contributed by atoms with E-state index in [1.54, 1.807) is 24.5 Å². The smallest absolute Gasteiger partial charge is 0.149 e. The standard InChI is InChI=1S/C18H17FN4/c1-23(16-8-6-15(19)7-9-16)12-13-2-4-14(5-3-13)17-18(20)22-11-10-21-17/h2-11H,12H2,1H3,(H2,20,22). The third-order valence-electron chi connectivity index (χ3n) is 3.64. The molecule has 3 rings (SSSR count). The second kappa shape index (κ2) is 6.44. The molecule has 3 aromatic rings. The summed E-state index contributed by atoms with van der Waals surface area (Å²) in [6.45, 7) is 0.724. The minimum absolute atomic E-state index is 0.229. The molecule has 0 atom stereocenters. The zero-order chi connectivity index (χ0) is 16.2. The van der Waals surface area contributed by atoms with Crippen LogP contribution in [0.15, 0.2) is 60.9 Å². The molecule has 0 fully saturated rings. The number of rotatable bonds is 4. The molecular weight excluding hydrogens is 291 g/mol. The first-order chi connectivity index (χ1) is 11.1. The van der Waals surface area contributed by atoms with Crippen LogP contribution < -0.4 is 10.6 Å². The summed E-state index contributed by atoms with van der Waals surface area (Å²) in [7, 11) is 1.97. The summed E-state index contributed by atoms with van der Waals surface area (Å²) in [5, 5.41) is 0. The molecule has 4 nitrogen and oxygen atoms in total. The lowest BCUT2D eigenvalue weighted by molar-refractivity contribution is 0.627. The summed E-state index contributed by atoms with van der Waals surface area (Å²) in [5.41, 5.74) is 9.58. The summed E-state index contributed by atoms with van der Waals surface area (Å²) in [5.74, 6) is 0.191. The zero-order valence-corrected chi connectivity index (χ0v) is 12.8. The topological polar surface area (TPSA) is 55.0 Å². The Morgan fingerprint density at radius 2 is 1.61 bits per heavy atom. The van der Waals surface area contributed by atoms with Crippen LogP contribution in [0.5, 0.6) is 0 Å². The van der Waals surface area contributed by atoms with Gasteiger partial charge in [-0.3, -0.25) is 4.98 Å². The zero-order valence-electron chi connectivity index (χ0n) is 12.8. The molecule has 5 heteroatoms. The Hall–Kier alpha value is -2.95. The molecule has 2 N–H and O–H groups in total. The lowest BCUT2D eigenvalue weighted by Gasteiger charge is -2.19. The molecule has 0 amide bonds. The summed E-state index contributed by atoms with van der Waals surface area (Å²) >= 11 is 0. The molecule has 116 valence electrons. The van der Waals surface area contributed by atoms with Crippen molar-refractivity contribution < 1.29 is 4.39 Å². The van der Waals surface area contributed by atoms with Gasteiger partial charge in [-0.05, 0) is 29.8 Å². The van der Waals surface area contributed by atoms with Gasteiger partial charge in [0.15, 0.2) is 0 Å². The minimum Gasteiger partial charge on any atom is -0.382 e. The maximum Gasteiger partial charge on any atom is 0.149 e. The van der Waals surface area contributed by atoms with Gasteiger partial charge in [0.25, 0.3) is 0 Å². The Morgan fingerprint density at radius 1 is 0.957 bits per heavy atom. The van der Waals surface area contributed by atoms with E-state index in [9.17, 15) is 4.39 Å². The normalized spacial score (nSPS) is 10.5. The molecule has 0 aliphatic carbocycles. The Labute approximate surface area is 134 Å². The largest absolute Gasteiger partial charge is 0.382 e. The summed E-state index contributed by atoms with van der Waals surface area (Å²) in [4.78, 5) is 10.4. The predicted octanol–water partition coefficient (Wildman–Crippen LogP) is 3.50. The van der Waals surface area contributed by atoms with Crippen LogP contribution in [0.3, 0.4) is 0 Å². The van der Waals surface area contributed by atoms with E-state index in [0.717, 1.165) is 23.4 Å². The molecule has 0 unspecified atom stereocenters. The molecule has 1 heterocycles. The second-order valence-electron chi connectivity index (χ2n) is 5.32. The van der Waals surface area contributed by atoms with E-state index in [4.69, 9.17) is 5.73 Å². The Morgan fingerprint density at radius 3 is 2.26 bits per heavy atom. The monoisotopic (exact) mass is 308 g/mol. The van der Waals surface area contributed by atoms with E-state index in [2.05, 4.69) is 14.9 Å². The fourth-order valence-corrected chi connectivity index (χ4v) is 2.40. The number of anilines is 2. The van der Waals surface area contributed by atoms with E-state index in [1.165, 1.54) is 12.1 Å². The van der Waals surface area contributed by atoms with Crippen molar-refractivity contribution in [1.82, 2.24) is 9.97 Å². The van der Waals surface area contributed by atoms with Gasteiger partial charge in [0, 0.05) is 37.2 Å². The van der Waals surface area contributed by atoms with Crippen LogP contribution in [0.25, 0.3) is 11.3 Å². The number of nitrogen functional groups attached to an aromatic ring is 1. The Bertz CT molecular complexity index is 785. The highest BCUT2D eigenvalue weighted by Gasteiger charge is 2.06. The van der Waals surface area contributed by atoms with E-state index < -0.39 is 0 Å². The van der Waals surface area contributed by atoms with Crippen LogP contribution >= 0.6 is 0 Å². The van der Waals surface area contributed by atoms with Crippen molar-refractivity contribution >= 4 is 11.5 Å². The van der Waals surface area contributed by atoms with Crippen molar-refractivity contribution in [3.63, 3.8) is 0 Å². The molecule has 0 saturated heterocycles. The molecule has 0 radical (unpaired) electrons. The van der Waals surface area contributed by atoms with Gasteiger partial charge in [-0.15, -0.1) is 0 Å². The molecule has 0 spiro atoms. The number of nitrogens with two attached hydrogens (primary N) is 1. The van der Waals surface area contributed by atoms with Crippen LogP contribution in [-0.2, 0) is 6.54 Å². The van der Waals surface area contributed by atoms with E-state index in [-0.39, 0.29) is 5.82 Å². The number of aromatic nitrogens is 2. The van der Waals surface area contributed by atoms with Gasteiger partial charge in [-0.25, -0.2) is 9.37 Å². The molecule has 0 aliphatic heterocycles. The average molecular weight is 308 g/mol. The van der Waals surface area contributed by atoms with Crippen molar-refractivity contribution in [1.29, 1.82) is 0 Å². The highest BCUT2D eigenvalue weighted by molar-refractivity contribution is 5.69. The number of hydrogen-bond acceptors (Lipinski definition) is 4. The quantitative estimate of drug-likeness (QED) is 0.801. The Balaban J connectivity index is 1.75. The van der Waals surface area contributed by atoms with Gasteiger partial charge in [0.05, 0.1) is 0 Å². The van der Waals surface area contributed by atoms with Gasteiger partial charge < -0.3 is 10.6 Å². The summed E-state index contributed by atoms with van der Waals surface area (Å²) in [6, 6.07) is 14.5. The van der Waals surface area contributed by atoms with Crippen molar-refractivity contribution in [2.45, 2.75) is 6.54 Å². The average Bonchev–Trinajstić information content (AvgIpc) is 2.57. The lowest BCUT2D eigenvalue weighted by Crippen LogP contribution is -2.16. The number of nitrogens with zero attached hydrogens (tertiary/aromatic N) is 3. The maximum atomic E-state index is 13.0. The van der Waals surface area contributed by atoms with Crippen LogP contribution in [-0.4, -0.2) is 17.0 Å². The lowest BCUT2D eigenvalue weighted by atomic mass is 10.1. The van der Waals surface area contributed by atoms with E-state index >= 15 is 0 Å². The Kier molecular flexibility index (Phi) is 4.19. The van der Waals surface area contributed by atoms with E-state index in [0.29, 0.717) is 11.5 Å². The fraction of sp³-hybridized carbons (Fsp3) is 0.111. The van der Waals surface area contributed by atoms with Crippen molar-refractivity contribution in [3.05, 3.63) is 72.3 Å². The highest BCUT2D eigenvalue weighted by Crippen LogP contribution is 2.22. The first kappa shape index (κ1) is 15.0. The molecular formula is C18H17FN4. The predicted molar refractivity (Wildman–Crippen MR) is 90.4 cm³/mol. The minimum atomic E-state index is -0.229. The third kappa shape index (κ3) is 3.45. The molecule has 23 heavy (non-hydrogen) atoms. The van der Waals surface area contributed by atoms with Crippen LogP contribution in [0, 0.1) is 5.82 Å². The first-order valence-corrected chi connectivity index (χ1v) is 7.26. The van der Waals surface area contributed by atoms with Gasteiger partial charge in [0.1, 0.15) is 17.3 Å². The van der Waals surface area contributed by atoms with Gasteiger partial charge in [0.2, 0.25) is 0 Å². The number of hydrogen-bond donors (Lipinski definition) is 1. The maximum absolute atomic E-state index is 13.0. The van der Waals surface area contributed by atoms with Crippen LogP contribution in [0.4, 0.5) is 15.9 Å². The molecule has 0 bridgehead atoms. The van der Waals surface area contributed by atoms with Crippen LogP contribution in [0.2, 0.25) is 0 Å². The molecule has 1 aromatic heterocycles. The molecule has 0 saturated carbocycles. The highest BCUT2D eigenvalue weighted by atomic mass is 19.1. The fourth-order valence-electron chi connectivity index (χ4n) is 2.40. The summed E-state index contributed by atoms with van der Waals surface area (Å²) in [6.07, 6.45) is 3.20. The number of halogens is 1. The third-order valence-corrected chi connectivity index (χ3v) is 3.64.